The highest BCUT2D eigenvalue weighted by molar-refractivity contribution is 5.88. The van der Waals surface area contributed by atoms with Crippen LogP contribution in [0.25, 0.3) is 27.5 Å². The van der Waals surface area contributed by atoms with Gasteiger partial charge in [0.2, 0.25) is 0 Å². The Morgan fingerprint density at radius 3 is 1.91 bits per heavy atom. The van der Waals surface area contributed by atoms with Crippen LogP contribution in [0.2, 0.25) is 0 Å². The maximum Gasteiger partial charge on any atom is 0.135 e. The van der Waals surface area contributed by atoms with Crippen LogP contribution >= 0.6 is 0 Å². The summed E-state index contributed by atoms with van der Waals surface area (Å²) in [7, 11) is 0. The third-order valence-corrected chi connectivity index (χ3v) is 5.51. The van der Waals surface area contributed by atoms with Crippen LogP contribution < -0.4 is 10.1 Å². The van der Waals surface area contributed by atoms with Gasteiger partial charge in [-0.05, 0) is 72.1 Å². The molecule has 1 N–H and O–H groups in total. The Hall–Kier alpha value is -4.64. The van der Waals surface area contributed by atoms with Crippen molar-refractivity contribution in [3.8, 4) is 17.2 Å². The molecule has 5 nitrogen and oxygen atoms in total. The molecule has 0 radical (unpaired) electrons. The first-order valence-corrected chi connectivity index (χ1v) is 10.8. The number of nitrogens with zero attached hydrogens (tertiary/aromatic N) is 3. The molecule has 0 fully saturated rings. The average molecular weight is 428 g/mol. The molecule has 1 heterocycles. The number of nitrogens with one attached hydrogen (secondary N) is 1. The minimum atomic E-state index is 0.795. The summed E-state index contributed by atoms with van der Waals surface area (Å²) in [6.07, 6.45) is 0. The molecule has 1 aromatic heterocycles. The Morgan fingerprint density at radius 2 is 1.18 bits per heavy atom. The van der Waals surface area contributed by atoms with Crippen LogP contribution in [-0.2, 0) is 0 Å². The Morgan fingerprint density at radius 1 is 0.576 bits per heavy atom. The second-order valence-electron chi connectivity index (χ2n) is 7.75. The lowest BCUT2D eigenvalue weighted by Crippen LogP contribution is -1.98. The van der Waals surface area contributed by atoms with Crippen LogP contribution in [0.1, 0.15) is 0 Å². The Balaban J connectivity index is 1.16. The van der Waals surface area contributed by atoms with Gasteiger partial charge < -0.3 is 10.1 Å². The molecule has 0 spiro atoms. The molecule has 0 bridgehead atoms. The van der Waals surface area contributed by atoms with Crippen molar-refractivity contribution in [3.05, 3.63) is 115 Å². The monoisotopic (exact) mass is 428 g/mol. The third kappa shape index (κ3) is 3.88. The minimum Gasteiger partial charge on any atom is -0.457 e. The summed E-state index contributed by atoms with van der Waals surface area (Å²) in [5, 5.41) is 14.7. The van der Waals surface area contributed by atoms with Crippen LogP contribution in [0.5, 0.6) is 11.5 Å². The van der Waals surface area contributed by atoms with Gasteiger partial charge >= 0.3 is 0 Å². The van der Waals surface area contributed by atoms with E-state index in [1.165, 1.54) is 0 Å². The molecule has 0 saturated carbocycles. The number of hydrogen-bond donors (Lipinski definition) is 1. The van der Waals surface area contributed by atoms with Crippen LogP contribution in [-0.4, -0.2) is 15.0 Å². The first-order chi connectivity index (χ1) is 16.3. The van der Waals surface area contributed by atoms with E-state index in [9.17, 15) is 0 Å². The predicted octanol–water partition coefficient (Wildman–Crippen LogP) is 7.11. The van der Waals surface area contributed by atoms with Crippen LogP contribution in [0, 0.1) is 0 Å². The maximum absolute atomic E-state index is 6.14. The van der Waals surface area contributed by atoms with E-state index in [0.717, 1.165) is 50.4 Å². The minimum absolute atomic E-state index is 0.795. The normalized spacial score (nSPS) is 11.0. The molecule has 0 unspecified atom stereocenters. The SMILES string of the molecule is c1ccc2c(Oc3ccc(Nc4ccc(-n5nc6ccccc6n5)cc4)cc3)cccc2c1. The van der Waals surface area contributed by atoms with E-state index < -0.39 is 0 Å². The third-order valence-electron chi connectivity index (χ3n) is 5.51. The van der Waals surface area contributed by atoms with Crippen LogP contribution in [0.4, 0.5) is 11.4 Å². The van der Waals surface area contributed by atoms with E-state index in [4.69, 9.17) is 4.74 Å². The van der Waals surface area contributed by atoms with Crippen molar-refractivity contribution < 1.29 is 4.74 Å². The quantitative estimate of drug-likeness (QED) is 0.318. The molecule has 6 aromatic rings. The Kier molecular flexibility index (Phi) is 4.70. The highest BCUT2D eigenvalue weighted by Gasteiger charge is 2.05. The number of rotatable bonds is 5. The highest BCUT2D eigenvalue weighted by Crippen LogP contribution is 2.30. The first-order valence-electron chi connectivity index (χ1n) is 10.8. The number of anilines is 2. The summed E-state index contributed by atoms with van der Waals surface area (Å²) >= 11 is 0. The highest BCUT2D eigenvalue weighted by atomic mass is 16.5. The average Bonchev–Trinajstić information content (AvgIpc) is 3.30. The molecule has 6 rings (SSSR count). The molecule has 0 amide bonds. The molecule has 0 aliphatic heterocycles. The van der Waals surface area contributed by atoms with Gasteiger partial charge in [-0.15, -0.1) is 10.2 Å². The zero-order valence-corrected chi connectivity index (χ0v) is 17.7. The van der Waals surface area contributed by atoms with Gasteiger partial charge in [0.15, 0.2) is 0 Å². The molecule has 0 aliphatic rings. The van der Waals surface area contributed by atoms with Crippen molar-refractivity contribution in [1.82, 2.24) is 15.0 Å². The second-order valence-corrected chi connectivity index (χ2v) is 7.75. The largest absolute Gasteiger partial charge is 0.457 e. The fraction of sp³-hybridized carbons (Fsp3) is 0. The fourth-order valence-electron chi connectivity index (χ4n) is 3.84. The van der Waals surface area contributed by atoms with Gasteiger partial charge in [0.05, 0.1) is 5.69 Å². The van der Waals surface area contributed by atoms with Crippen molar-refractivity contribution in [3.63, 3.8) is 0 Å². The smallest absolute Gasteiger partial charge is 0.135 e. The summed E-state index contributed by atoms with van der Waals surface area (Å²) < 4.78 is 6.14. The Labute approximate surface area is 190 Å². The first kappa shape index (κ1) is 19.1. The van der Waals surface area contributed by atoms with Gasteiger partial charge in [-0.2, -0.15) is 4.80 Å². The maximum atomic E-state index is 6.14. The Bertz CT molecular complexity index is 1520. The van der Waals surface area contributed by atoms with Crippen molar-refractivity contribution in [2.45, 2.75) is 0 Å². The molecular weight excluding hydrogens is 408 g/mol. The number of fused-ring (bicyclic) bond motifs is 2. The molecular formula is C28H20N4O. The number of hydrogen-bond acceptors (Lipinski definition) is 4. The number of benzene rings is 5. The lowest BCUT2D eigenvalue weighted by atomic mass is 10.1. The molecule has 158 valence electrons. The summed E-state index contributed by atoms with van der Waals surface area (Å²) in [5.74, 6) is 1.65. The number of aromatic nitrogens is 3. The summed E-state index contributed by atoms with van der Waals surface area (Å²) in [6, 6.07) is 38.2. The summed E-state index contributed by atoms with van der Waals surface area (Å²) in [5.41, 5.74) is 4.64. The van der Waals surface area contributed by atoms with E-state index >= 15 is 0 Å². The van der Waals surface area contributed by atoms with Crippen LogP contribution in [0.15, 0.2) is 115 Å². The van der Waals surface area contributed by atoms with Gasteiger partial charge in [-0.1, -0.05) is 48.5 Å². The second kappa shape index (κ2) is 8.13. The molecule has 0 aliphatic carbocycles. The number of ether oxygens (including phenoxy) is 1. The molecule has 5 aromatic carbocycles. The van der Waals surface area contributed by atoms with Crippen molar-refractivity contribution in [1.29, 1.82) is 0 Å². The fourth-order valence-corrected chi connectivity index (χ4v) is 3.84. The summed E-state index contributed by atoms with van der Waals surface area (Å²) in [6.45, 7) is 0. The predicted molar refractivity (Wildman–Crippen MR) is 133 cm³/mol. The van der Waals surface area contributed by atoms with E-state index in [-0.39, 0.29) is 0 Å². The zero-order valence-electron chi connectivity index (χ0n) is 17.7. The van der Waals surface area contributed by atoms with Gasteiger partial charge in [0, 0.05) is 16.8 Å². The van der Waals surface area contributed by atoms with Gasteiger partial charge in [-0.3, -0.25) is 0 Å². The standard InChI is InChI=1S/C28H20N4O/c1-2-8-25-20(6-1)7-5-11-28(25)33-24-18-14-22(15-19-24)29-21-12-16-23(17-13-21)32-30-26-9-3-4-10-27(26)31-32/h1-19,29H. The van der Waals surface area contributed by atoms with Crippen molar-refractivity contribution in [2.75, 3.05) is 5.32 Å². The van der Waals surface area contributed by atoms with Gasteiger partial charge in [0.1, 0.15) is 22.5 Å². The van der Waals surface area contributed by atoms with Gasteiger partial charge in [-0.25, -0.2) is 0 Å². The van der Waals surface area contributed by atoms with Crippen molar-refractivity contribution in [2.24, 2.45) is 0 Å². The molecule has 5 heteroatoms. The van der Waals surface area contributed by atoms with E-state index in [1.807, 2.05) is 97.1 Å². The van der Waals surface area contributed by atoms with Crippen molar-refractivity contribution >= 4 is 33.2 Å². The molecule has 0 atom stereocenters. The van der Waals surface area contributed by atoms with Crippen LogP contribution in [0.3, 0.4) is 0 Å². The lowest BCUT2D eigenvalue weighted by molar-refractivity contribution is 0.488. The van der Waals surface area contributed by atoms with E-state index in [1.54, 1.807) is 4.80 Å². The molecule has 0 saturated heterocycles. The molecule has 33 heavy (non-hydrogen) atoms. The summed E-state index contributed by atoms with van der Waals surface area (Å²) in [4.78, 5) is 1.66. The van der Waals surface area contributed by atoms with E-state index in [0.29, 0.717) is 0 Å². The van der Waals surface area contributed by atoms with Gasteiger partial charge in [0.25, 0.3) is 0 Å². The van der Waals surface area contributed by atoms with E-state index in [2.05, 4.69) is 33.7 Å². The topological polar surface area (TPSA) is 52.0 Å². The zero-order chi connectivity index (χ0) is 22.0. The lowest BCUT2D eigenvalue weighted by Gasteiger charge is -2.11.